The molecular weight excluding hydrogens is 510 g/mol. The molecule has 0 saturated heterocycles. The number of hydrogen-bond acceptors (Lipinski definition) is 2. The largest absolute Gasteiger partial charge is 0.455 e. The van der Waals surface area contributed by atoms with Crippen molar-refractivity contribution < 1.29 is 4.42 Å². The van der Waals surface area contributed by atoms with Crippen LogP contribution in [0.5, 0.6) is 0 Å². The first-order valence-electron chi connectivity index (χ1n) is 14.3. The van der Waals surface area contributed by atoms with E-state index in [9.17, 15) is 0 Å². The molecule has 0 aliphatic heterocycles. The molecule has 0 spiro atoms. The monoisotopic (exact) mass is 537 g/mol. The summed E-state index contributed by atoms with van der Waals surface area (Å²) >= 11 is 0. The minimum atomic E-state index is 0.914. The van der Waals surface area contributed by atoms with E-state index in [0.29, 0.717) is 0 Å². The van der Waals surface area contributed by atoms with Crippen LogP contribution in [0.25, 0.3) is 55.0 Å². The topological polar surface area (TPSA) is 16.4 Å². The van der Waals surface area contributed by atoms with Crippen LogP contribution in [0.3, 0.4) is 0 Å². The quantitative estimate of drug-likeness (QED) is 0.217. The van der Waals surface area contributed by atoms with E-state index in [1.54, 1.807) is 0 Å². The molecule has 0 bridgehead atoms. The number of fused-ring (bicyclic) bond motifs is 5. The van der Waals surface area contributed by atoms with Crippen molar-refractivity contribution >= 4 is 49.8 Å². The average molecular weight is 538 g/mol. The highest BCUT2D eigenvalue weighted by Crippen LogP contribution is 2.42. The lowest BCUT2D eigenvalue weighted by Crippen LogP contribution is -2.10. The van der Waals surface area contributed by atoms with Gasteiger partial charge in [-0.2, -0.15) is 0 Å². The van der Waals surface area contributed by atoms with Gasteiger partial charge in [0.2, 0.25) is 0 Å². The van der Waals surface area contributed by atoms with Crippen molar-refractivity contribution in [2.24, 2.45) is 0 Å². The third-order valence-electron chi connectivity index (χ3n) is 8.06. The molecule has 2 nitrogen and oxygen atoms in total. The van der Waals surface area contributed by atoms with Gasteiger partial charge >= 0.3 is 0 Å². The Balaban J connectivity index is 1.25. The van der Waals surface area contributed by atoms with Gasteiger partial charge in [-0.15, -0.1) is 0 Å². The fraction of sp³-hybridized carbons (Fsp3) is 0. The van der Waals surface area contributed by atoms with Crippen LogP contribution >= 0.6 is 0 Å². The SMILES string of the molecule is c1ccc(-c2cccc(-c3ccc(N(c4ccccc4)c4cccc5c4ccc4c6ccccc6oc54)cc3)c2)cc1. The Morgan fingerprint density at radius 2 is 0.905 bits per heavy atom. The van der Waals surface area contributed by atoms with Crippen molar-refractivity contribution in [2.45, 2.75) is 0 Å². The van der Waals surface area contributed by atoms with Crippen molar-refractivity contribution in [1.29, 1.82) is 0 Å². The lowest BCUT2D eigenvalue weighted by atomic mass is 9.98. The number of benzene rings is 7. The standard InChI is InChI=1S/C40H27NO/c1-3-11-28(12-4-1)30-13-9-14-31(27-30)29-21-23-33(24-22-29)41(32-15-5-2-6-16-32)38-19-10-18-36-34(38)25-26-37-35-17-7-8-20-39(35)42-40(36)37/h1-27H. The number of furan rings is 1. The molecule has 0 unspecified atom stereocenters. The van der Waals surface area contributed by atoms with Gasteiger partial charge in [-0.05, 0) is 70.8 Å². The first kappa shape index (κ1) is 24.2. The van der Waals surface area contributed by atoms with E-state index in [0.717, 1.165) is 49.8 Å². The van der Waals surface area contributed by atoms with Crippen LogP contribution in [-0.2, 0) is 0 Å². The summed E-state index contributed by atoms with van der Waals surface area (Å²) in [6.07, 6.45) is 0. The lowest BCUT2D eigenvalue weighted by Gasteiger charge is -2.27. The molecule has 8 aromatic rings. The predicted molar refractivity (Wildman–Crippen MR) is 177 cm³/mol. The van der Waals surface area contributed by atoms with Gasteiger partial charge in [0.15, 0.2) is 0 Å². The summed E-state index contributed by atoms with van der Waals surface area (Å²) < 4.78 is 6.40. The predicted octanol–water partition coefficient (Wildman–Crippen LogP) is 11.5. The minimum Gasteiger partial charge on any atom is -0.455 e. The Labute approximate surface area is 244 Å². The molecule has 7 aromatic carbocycles. The minimum absolute atomic E-state index is 0.914. The number of anilines is 3. The van der Waals surface area contributed by atoms with Crippen molar-refractivity contribution in [1.82, 2.24) is 0 Å². The molecular formula is C40H27NO. The van der Waals surface area contributed by atoms with Gasteiger partial charge in [0, 0.05) is 32.9 Å². The van der Waals surface area contributed by atoms with E-state index in [1.165, 1.54) is 22.3 Å². The molecule has 0 aliphatic carbocycles. The van der Waals surface area contributed by atoms with Gasteiger partial charge < -0.3 is 9.32 Å². The zero-order chi connectivity index (χ0) is 27.9. The molecule has 0 amide bonds. The van der Waals surface area contributed by atoms with Crippen molar-refractivity contribution in [2.75, 3.05) is 4.90 Å². The second kappa shape index (κ2) is 10.1. The Morgan fingerprint density at radius 3 is 1.69 bits per heavy atom. The highest BCUT2D eigenvalue weighted by molar-refractivity contribution is 6.17. The summed E-state index contributed by atoms with van der Waals surface area (Å²) in [6, 6.07) is 57.9. The Bertz CT molecular complexity index is 2180. The average Bonchev–Trinajstić information content (AvgIpc) is 3.46. The lowest BCUT2D eigenvalue weighted by molar-refractivity contribution is 0.672. The molecule has 8 rings (SSSR count). The van der Waals surface area contributed by atoms with Gasteiger partial charge in [0.25, 0.3) is 0 Å². The highest BCUT2D eigenvalue weighted by atomic mass is 16.3. The Morgan fingerprint density at radius 1 is 0.357 bits per heavy atom. The molecule has 198 valence electrons. The summed E-state index contributed by atoms with van der Waals surface area (Å²) in [5, 5.41) is 4.54. The van der Waals surface area contributed by atoms with E-state index in [4.69, 9.17) is 4.42 Å². The fourth-order valence-corrected chi connectivity index (χ4v) is 6.03. The third-order valence-corrected chi connectivity index (χ3v) is 8.06. The van der Waals surface area contributed by atoms with E-state index in [-0.39, 0.29) is 0 Å². The summed E-state index contributed by atoms with van der Waals surface area (Å²) in [5.41, 5.74) is 9.98. The molecule has 0 aliphatic rings. The molecule has 42 heavy (non-hydrogen) atoms. The molecule has 2 heteroatoms. The summed E-state index contributed by atoms with van der Waals surface area (Å²) in [5.74, 6) is 0. The van der Waals surface area contributed by atoms with Gasteiger partial charge in [-0.3, -0.25) is 0 Å². The molecule has 1 heterocycles. The smallest absolute Gasteiger partial charge is 0.143 e. The molecule has 0 atom stereocenters. The van der Waals surface area contributed by atoms with E-state index in [2.05, 4.69) is 157 Å². The van der Waals surface area contributed by atoms with Gasteiger partial charge in [0.1, 0.15) is 11.2 Å². The maximum absolute atomic E-state index is 6.40. The maximum Gasteiger partial charge on any atom is 0.143 e. The Hall–Kier alpha value is -5.60. The normalized spacial score (nSPS) is 11.3. The van der Waals surface area contributed by atoms with Crippen LogP contribution < -0.4 is 4.90 Å². The second-order valence-corrected chi connectivity index (χ2v) is 10.6. The molecule has 0 radical (unpaired) electrons. The van der Waals surface area contributed by atoms with E-state index >= 15 is 0 Å². The fourth-order valence-electron chi connectivity index (χ4n) is 6.03. The van der Waals surface area contributed by atoms with Crippen LogP contribution in [0.2, 0.25) is 0 Å². The van der Waals surface area contributed by atoms with Crippen LogP contribution in [0.1, 0.15) is 0 Å². The summed E-state index contributed by atoms with van der Waals surface area (Å²) in [7, 11) is 0. The zero-order valence-corrected chi connectivity index (χ0v) is 22.9. The number of rotatable bonds is 5. The second-order valence-electron chi connectivity index (χ2n) is 10.6. The van der Waals surface area contributed by atoms with Crippen LogP contribution in [0.15, 0.2) is 168 Å². The summed E-state index contributed by atoms with van der Waals surface area (Å²) in [4.78, 5) is 2.33. The van der Waals surface area contributed by atoms with Gasteiger partial charge in [0.05, 0.1) is 5.69 Å². The van der Waals surface area contributed by atoms with E-state index < -0.39 is 0 Å². The summed E-state index contributed by atoms with van der Waals surface area (Å²) in [6.45, 7) is 0. The highest BCUT2D eigenvalue weighted by Gasteiger charge is 2.18. The molecule has 0 fully saturated rings. The van der Waals surface area contributed by atoms with E-state index in [1.807, 2.05) is 12.1 Å². The van der Waals surface area contributed by atoms with Crippen molar-refractivity contribution in [3.05, 3.63) is 164 Å². The van der Waals surface area contributed by atoms with Crippen molar-refractivity contribution in [3.8, 4) is 22.3 Å². The molecule has 0 N–H and O–H groups in total. The van der Waals surface area contributed by atoms with Crippen LogP contribution in [-0.4, -0.2) is 0 Å². The number of para-hydroxylation sites is 2. The number of hydrogen-bond donors (Lipinski definition) is 0. The molecule has 1 aromatic heterocycles. The molecule has 0 saturated carbocycles. The maximum atomic E-state index is 6.40. The van der Waals surface area contributed by atoms with Gasteiger partial charge in [-0.25, -0.2) is 0 Å². The first-order chi connectivity index (χ1) is 20.8. The Kier molecular flexibility index (Phi) is 5.82. The third kappa shape index (κ3) is 4.13. The van der Waals surface area contributed by atoms with Crippen LogP contribution in [0.4, 0.5) is 17.1 Å². The van der Waals surface area contributed by atoms with Crippen molar-refractivity contribution in [3.63, 3.8) is 0 Å². The van der Waals surface area contributed by atoms with Gasteiger partial charge in [-0.1, -0.05) is 115 Å². The first-order valence-corrected chi connectivity index (χ1v) is 14.3. The zero-order valence-electron chi connectivity index (χ0n) is 22.9. The number of nitrogens with zero attached hydrogens (tertiary/aromatic N) is 1. The van der Waals surface area contributed by atoms with Crippen LogP contribution in [0, 0.1) is 0 Å².